The zero-order valence-corrected chi connectivity index (χ0v) is 12.3. The molecule has 1 amide bonds. The van der Waals surface area contributed by atoms with Gasteiger partial charge in [0.25, 0.3) is 5.91 Å². The summed E-state index contributed by atoms with van der Waals surface area (Å²) in [6, 6.07) is 6.04. The van der Waals surface area contributed by atoms with Gasteiger partial charge < -0.3 is 5.32 Å². The summed E-state index contributed by atoms with van der Waals surface area (Å²) in [7, 11) is 0. The fourth-order valence-electron chi connectivity index (χ4n) is 1.99. The predicted octanol–water partition coefficient (Wildman–Crippen LogP) is 3.70. The first-order valence-corrected chi connectivity index (χ1v) is 7.11. The third kappa shape index (κ3) is 2.62. The Hall–Kier alpha value is -2.34. The normalized spacial score (nSPS) is 10.8. The number of nitrogens with one attached hydrogen (secondary N) is 1. The molecule has 0 aliphatic carbocycles. The molecule has 21 heavy (non-hydrogen) atoms. The monoisotopic (exact) mass is 301 g/mol. The summed E-state index contributed by atoms with van der Waals surface area (Å²) in [6.07, 6.45) is 1.50. The van der Waals surface area contributed by atoms with E-state index in [2.05, 4.69) is 14.7 Å². The van der Waals surface area contributed by atoms with E-state index in [0.717, 1.165) is 21.5 Å². The molecule has 0 bridgehead atoms. The van der Waals surface area contributed by atoms with Gasteiger partial charge in [0.2, 0.25) is 0 Å². The maximum atomic E-state index is 13.2. The summed E-state index contributed by atoms with van der Waals surface area (Å²) in [4.78, 5) is 17.3. The molecule has 0 saturated carbocycles. The Morgan fingerprint density at radius 2 is 2.10 bits per heavy atom. The third-order valence-corrected chi connectivity index (χ3v) is 4.08. The maximum Gasteiger partial charge on any atom is 0.257 e. The summed E-state index contributed by atoms with van der Waals surface area (Å²) >= 11 is 1.30. The smallest absolute Gasteiger partial charge is 0.257 e. The standard InChI is InChI=1S/C15H12FN3OS/c1-8-3-4-11(16)6-13(8)18-14(20)10-5-12-9(2)19-21-15(12)17-7-10/h3-7H,1-2H3,(H,18,20). The van der Waals surface area contributed by atoms with E-state index in [-0.39, 0.29) is 11.7 Å². The summed E-state index contributed by atoms with van der Waals surface area (Å²) in [5.41, 5.74) is 2.53. The van der Waals surface area contributed by atoms with Crippen LogP contribution in [0.5, 0.6) is 0 Å². The molecule has 1 N–H and O–H groups in total. The van der Waals surface area contributed by atoms with Crippen LogP contribution in [0.4, 0.5) is 10.1 Å². The largest absolute Gasteiger partial charge is 0.322 e. The Labute approximate surface area is 124 Å². The maximum absolute atomic E-state index is 13.2. The molecule has 4 nitrogen and oxygen atoms in total. The van der Waals surface area contributed by atoms with Gasteiger partial charge >= 0.3 is 0 Å². The summed E-state index contributed by atoms with van der Waals surface area (Å²) in [6.45, 7) is 3.68. The molecule has 0 spiro atoms. The van der Waals surface area contributed by atoms with Gasteiger partial charge in [-0.25, -0.2) is 9.37 Å². The van der Waals surface area contributed by atoms with Gasteiger partial charge in [0, 0.05) is 17.3 Å². The lowest BCUT2D eigenvalue weighted by molar-refractivity contribution is 0.102. The lowest BCUT2D eigenvalue weighted by Crippen LogP contribution is -2.13. The number of rotatable bonds is 2. The van der Waals surface area contributed by atoms with Crippen molar-refractivity contribution in [1.82, 2.24) is 9.36 Å². The quantitative estimate of drug-likeness (QED) is 0.785. The van der Waals surface area contributed by atoms with Crippen LogP contribution in [0, 0.1) is 19.7 Å². The van der Waals surface area contributed by atoms with Crippen LogP contribution < -0.4 is 5.32 Å². The van der Waals surface area contributed by atoms with Crippen LogP contribution in [0.25, 0.3) is 10.2 Å². The van der Waals surface area contributed by atoms with Crippen molar-refractivity contribution in [1.29, 1.82) is 0 Å². The van der Waals surface area contributed by atoms with E-state index in [1.807, 2.05) is 13.8 Å². The first-order chi connectivity index (χ1) is 10.0. The van der Waals surface area contributed by atoms with Crippen molar-refractivity contribution in [3.63, 3.8) is 0 Å². The van der Waals surface area contributed by atoms with Crippen molar-refractivity contribution >= 4 is 33.3 Å². The van der Waals surface area contributed by atoms with Crippen LogP contribution in [-0.2, 0) is 0 Å². The Morgan fingerprint density at radius 3 is 2.90 bits per heavy atom. The SMILES string of the molecule is Cc1ccc(F)cc1NC(=O)c1cnc2snc(C)c2c1. The highest BCUT2D eigenvalue weighted by Gasteiger charge is 2.12. The van der Waals surface area contributed by atoms with E-state index in [1.165, 1.54) is 29.9 Å². The Morgan fingerprint density at radius 1 is 1.29 bits per heavy atom. The molecular formula is C15H12FN3OS. The fourth-order valence-corrected chi connectivity index (χ4v) is 2.72. The number of benzene rings is 1. The number of aromatic nitrogens is 2. The van der Waals surface area contributed by atoms with Crippen LogP contribution in [0.1, 0.15) is 21.6 Å². The second kappa shape index (κ2) is 5.21. The third-order valence-electron chi connectivity index (χ3n) is 3.22. The number of aryl methyl sites for hydroxylation is 2. The molecule has 0 aliphatic rings. The van der Waals surface area contributed by atoms with Gasteiger partial charge in [-0.2, -0.15) is 4.37 Å². The molecule has 2 aromatic heterocycles. The van der Waals surface area contributed by atoms with Crippen molar-refractivity contribution in [3.8, 4) is 0 Å². The van der Waals surface area contributed by atoms with Crippen LogP contribution in [0.3, 0.4) is 0 Å². The highest BCUT2D eigenvalue weighted by molar-refractivity contribution is 7.12. The highest BCUT2D eigenvalue weighted by atomic mass is 32.1. The molecule has 0 aliphatic heterocycles. The average molecular weight is 301 g/mol. The van der Waals surface area contributed by atoms with Gasteiger partial charge in [-0.15, -0.1) is 0 Å². The van der Waals surface area contributed by atoms with Crippen LogP contribution >= 0.6 is 11.5 Å². The van der Waals surface area contributed by atoms with Gasteiger partial charge in [-0.3, -0.25) is 4.79 Å². The van der Waals surface area contributed by atoms with E-state index in [1.54, 1.807) is 12.1 Å². The van der Waals surface area contributed by atoms with E-state index in [9.17, 15) is 9.18 Å². The van der Waals surface area contributed by atoms with Crippen LogP contribution in [0.2, 0.25) is 0 Å². The number of anilines is 1. The van der Waals surface area contributed by atoms with E-state index in [0.29, 0.717) is 11.3 Å². The van der Waals surface area contributed by atoms with E-state index in [4.69, 9.17) is 0 Å². The molecule has 3 aromatic rings. The number of nitrogens with zero attached hydrogens (tertiary/aromatic N) is 2. The Bertz CT molecular complexity index is 844. The molecule has 0 radical (unpaired) electrons. The number of halogens is 1. The zero-order chi connectivity index (χ0) is 15.0. The molecule has 106 valence electrons. The fraction of sp³-hybridized carbons (Fsp3) is 0.133. The summed E-state index contributed by atoms with van der Waals surface area (Å²) in [5, 5.41) is 3.57. The van der Waals surface area contributed by atoms with Gasteiger partial charge in [-0.05, 0) is 49.1 Å². The van der Waals surface area contributed by atoms with Crippen molar-refractivity contribution in [2.24, 2.45) is 0 Å². The second-order valence-corrected chi connectivity index (χ2v) is 5.51. The molecule has 0 fully saturated rings. The zero-order valence-electron chi connectivity index (χ0n) is 11.5. The summed E-state index contributed by atoms with van der Waals surface area (Å²) < 4.78 is 17.5. The highest BCUT2D eigenvalue weighted by Crippen LogP contribution is 2.22. The number of carbonyl (C=O) groups excluding carboxylic acids is 1. The molecule has 0 unspecified atom stereocenters. The van der Waals surface area contributed by atoms with Crippen molar-refractivity contribution in [2.45, 2.75) is 13.8 Å². The minimum atomic E-state index is -0.387. The van der Waals surface area contributed by atoms with Crippen LogP contribution in [-0.4, -0.2) is 15.3 Å². The van der Waals surface area contributed by atoms with Crippen molar-refractivity contribution in [2.75, 3.05) is 5.32 Å². The first-order valence-electron chi connectivity index (χ1n) is 6.34. The molecule has 0 atom stereocenters. The van der Waals surface area contributed by atoms with Crippen molar-refractivity contribution < 1.29 is 9.18 Å². The molecule has 1 aromatic carbocycles. The number of fused-ring (bicyclic) bond motifs is 1. The number of carbonyl (C=O) groups is 1. The second-order valence-electron chi connectivity index (χ2n) is 4.76. The van der Waals surface area contributed by atoms with E-state index >= 15 is 0 Å². The molecule has 6 heteroatoms. The minimum Gasteiger partial charge on any atom is -0.322 e. The Balaban J connectivity index is 1.93. The molecule has 3 rings (SSSR count). The molecule has 0 saturated heterocycles. The van der Waals surface area contributed by atoms with Crippen molar-refractivity contribution in [3.05, 3.63) is 53.1 Å². The molecule has 2 heterocycles. The predicted molar refractivity (Wildman–Crippen MR) is 81.2 cm³/mol. The van der Waals surface area contributed by atoms with Gasteiger partial charge in [0.15, 0.2) is 0 Å². The van der Waals surface area contributed by atoms with Crippen LogP contribution in [0.15, 0.2) is 30.5 Å². The van der Waals surface area contributed by atoms with Gasteiger partial charge in [0.1, 0.15) is 10.6 Å². The number of hydrogen-bond donors (Lipinski definition) is 1. The Kier molecular flexibility index (Phi) is 3.39. The average Bonchev–Trinajstić information content (AvgIpc) is 2.84. The number of amides is 1. The number of hydrogen-bond acceptors (Lipinski definition) is 4. The topological polar surface area (TPSA) is 54.9 Å². The summed E-state index contributed by atoms with van der Waals surface area (Å²) in [5.74, 6) is -0.703. The number of pyridine rings is 1. The van der Waals surface area contributed by atoms with Gasteiger partial charge in [0.05, 0.1) is 11.3 Å². The lowest BCUT2D eigenvalue weighted by atomic mass is 10.1. The first kappa shape index (κ1) is 13.6. The lowest BCUT2D eigenvalue weighted by Gasteiger charge is -2.08. The van der Waals surface area contributed by atoms with Gasteiger partial charge in [-0.1, -0.05) is 6.07 Å². The molecular weight excluding hydrogens is 289 g/mol. The van der Waals surface area contributed by atoms with E-state index < -0.39 is 0 Å². The minimum absolute atomic E-state index is 0.316.